The van der Waals surface area contributed by atoms with E-state index in [1.807, 2.05) is 27.1 Å². The lowest BCUT2D eigenvalue weighted by Crippen LogP contribution is -2.18. The van der Waals surface area contributed by atoms with Crippen LogP contribution in [0, 0.1) is 5.92 Å². The zero-order valence-corrected chi connectivity index (χ0v) is 7.16. The van der Waals surface area contributed by atoms with Crippen molar-refractivity contribution in [2.45, 2.75) is 20.3 Å². The molecule has 0 radical (unpaired) electrons. The Morgan fingerprint density at radius 2 is 2.36 bits per heavy atom. The highest BCUT2D eigenvalue weighted by Gasteiger charge is 2.22. The number of hydrazone groups is 1. The Hall–Kier alpha value is -0.990. The van der Waals surface area contributed by atoms with E-state index in [0.717, 1.165) is 0 Å². The first-order valence-electron chi connectivity index (χ1n) is 3.79. The number of carbonyl (C=O) groups is 1. The smallest absolute Gasteiger partial charge is 0.186 e. The van der Waals surface area contributed by atoms with Crippen molar-refractivity contribution >= 4 is 17.7 Å². The molecule has 0 fully saturated rings. The second kappa shape index (κ2) is 2.95. The van der Waals surface area contributed by atoms with Crippen molar-refractivity contribution in [2.75, 3.05) is 7.05 Å². The van der Waals surface area contributed by atoms with Gasteiger partial charge < -0.3 is 0 Å². The van der Waals surface area contributed by atoms with Crippen molar-refractivity contribution in [3.05, 3.63) is 0 Å². The predicted octanol–water partition coefficient (Wildman–Crippen LogP) is 0.684. The first-order chi connectivity index (χ1) is 5.11. The molecule has 3 nitrogen and oxygen atoms in total. The third-order valence-electron chi connectivity index (χ3n) is 1.64. The van der Waals surface area contributed by atoms with Gasteiger partial charge in [-0.2, -0.15) is 0 Å². The number of hydrogen-bond donors (Lipinski definition) is 0. The Balaban J connectivity index is 2.66. The van der Waals surface area contributed by atoms with Crippen molar-refractivity contribution in [3.8, 4) is 0 Å². The number of Topliss-reactive ketones (excluding diaryl/α,β-unsaturated/α-hetero) is 1. The van der Waals surface area contributed by atoms with Gasteiger partial charge in [0.25, 0.3) is 0 Å². The van der Waals surface area contributed by atoms with Crippen LogP contribution in [0.5, 0.6) is 0 Å². The molecule has 0 saturated heterocycles. The van der Waals surface area contributed by atoms with Gasteiger partial charge in [-0.05, 0) is 5.10 Å². The molecule has 3 heteroatoms. The minimum Gasteiger partial charge on any atom is -0.292 e. The van der Waals surface area contributed by atoms with E-state index in [-0.39, 0.29) is 11.7 Å². The van der Waals surface area contributed by atoms with Gasteiger partial charge in [-0.3, -0.25) is 4.79 Å². The number of rotatable bonds is 2. The van der Waals surface area contributed by atoms with Gasteiger partial charge >= 0.3 is 0 Å². The summed E-state index contributed by atoms with van der Waals surface area (Å²) in [5.41, 5.74) is 0.683. The molecular formula is C8H13N2O+. The largest absolute Gasteiger partial charge is 0.292 e. The lowest BCUT2D eigenvalue weighted by molar-refractivity contribution is -0.494. The first kappa shape index (κ1) is 8.11. The number of hydrogen-bond acceptors (Lipinski definition) is 2. The standard InChI is InChI=1S/C8H13N2O/c1-6(2)8(11)7-4-5-10(3)9-7/h5-6H,4H2,1-3H3/q+1. The first-order valence-corrected chi connectivity index (χ1v) is 3.79. The Bertz CT molecular complexity index is 238. The van der Waals surface area contributed by atoms with E-state index in [0.29, 0.717) is 12.1 Å². The van der Waals surface area contributed by atoms with Crippen LogP contribution in [-0.4, -0.2) is 29.4 Å². The lowest BCUT2D eigenvalue weighted by Gasteiger charge is -1.98. The summed E-state index contributed by atoms with van der Waals surface area (Å²) in [4.78, 5) is 11.3. The predicted molar refractivity (Wildman–Crippen MR) is 44.1 cm³/mol. The maximum Gasteiger partial charge on any atom is 0.186 e. The van der Waals surface area contributed by atoms with Gasteiger partial charge in [-0.1, -0.05) is 18.5 Å². The molecule has 0 aromatic heterocycles. The van der Waals surface area contributed by atoms with Crippen LogP contribution in [0.3, 0.4) is 0 Å². The molecule has 1 aliphatic rings. The van der Waals surface area contributed by atoms with Crippen LogP contribution in [0.4, 0.5) is 0 Å². The zero-order chi connectivity index (χ0) is 8.43. The number of carbonyl (C=O) groups excluding carboxylic acids is 1. The minimum absolute atomic E-state index is 0.0636. The topological polar surface area (TPSA) is 32.4 Å². The van der Waals surface area contributed by atoms with E-state index in [4.69, 9.17) is 0 Å². The maximum atomic E-state index is 11.3. The van der Waals surface area contributed by atoms with E-state index < -0.39 is 0 Å². The van der Waals surface area contributed by atoms with E-state index in [1.54, 1.807) is 4.68 Å². The van der Waals surface area contributed by atoms with E-state index in [9.17, 15) is 4.79 Å². The fourth-order valence-corrected chi connectivity index (χ4v) is 0.974. The fraction of sp³-hybridized carbons (Fsp3) is 0.625. The van der Waals surface area contributed by atoms with Gasteiger partial charge in [0.15, 0.2) is 24.8 Å². The summed E-state index contributed by atoms with van der Waals surface area (Å²) in [5, 5.41) is 4.05. The van der Waals surface area contributed by atoms with Crippen molar-refractivity contribution in [1.82, 2.24) is 0 Å². The Morgan fingerprint density at radius 3 is 2.73 bits per heavy atom. The van der Waals surface area contributed by atoms with Gasteiger partial charge in [0.05, 0.1) is 6.42 Å². The summed E-state index contributed by atoms with van der Waals surface area (Å²) in [7, 11) is 1.83. The molecule has 0 amide bonds. The highest BCUT2D eigenvalue weighted by molar-refractivity contribution is 6.42. The molecular weight excluding hydrogens is 140 g/mol. The summed E-state index contributed by atoms with van der Waals surface area (Å²) >= 11 is 0. The van der Waals surface area contributed by atoms with E-state index in [1.165, 1.54) is 0 Å². The summed E-state index contributed by atoms with van der Waals surface area (Å²) < 4.78 is 1.69. The van der Waals surface area contributed by atoms with Crippen LogP contribution in [0.25, 0.3) is 0 Å². The van der Waals surface area contributed by atoms with Crippen molar-refractivity contribution in [2.24, 2.45) is 11.0 Å². The van der Waals surface area contributed by atoms with Crippen molar-refractivity contribution < 1.29 is 9.48 Å². The summed E-state index contributed by atoms with van der Waals surface area (Å²) in [6.45, 7) is 3.78. The molecule has 1 rings (SSSR count). The van der Waals surface area contributed by atoms with Crippen LogP contribution in [0.1, 0.15) is 20.3 Å². The maximum absolute atomic E-state index is 11.3. The van der Waals surface area contributed by atoms with Gasteiger partial charge in [-0.15, -0.1) is 0 Å². The van der Waals surface area contributed by atoms with Crippen LogP contribution in [0.15, 0.2) is 5.10 Å². The minimum atomic E-state index is 0.0636. The monoisotopic (exact) mass is 153 g/mol. The lowest BCUT2D eigenvalue weighted by atomic mass is 10.0. The Labute approximate surface area is 66.4 Å². The molecule has 0 unspecified atom stereocenters. The molecule has 1 heterocycles. The third-order valence-corrected chi connectivity index (χ3v) is 1.64. The number of nitrogens with zero attached hydrogens (tertiary/aromatic N) is 2. The molecule has 0 aromatic rings. The molecule has 0 spiro atoms. The van der Waals surface area contributed by atoms with Crippen LogP contribution in [0.2, 0.25) is 0 Å². The third kappa shape index (κ3) is 1.73. The molecule has 0 aliphatic carbocycles. The van der Waals surface area contributed by atoms with E-state index in [2.05, 4.69) is 5.10 Å². The van der Waals surface area contributed by atoms with Crippen LogP contribution < -0.4 is 0 Å². The average molecular weight is 153 g/mol. The van der Waals surface area contributed by atoms with Gasteiger partial charge in [0, 0.05) is 5.92 Å². The molecule has 11 heavy (non-hydrogen) atoms. The van der Waals surface area contributed by atoms with Crippen LogP contribution in [-0.2, 0) is 4.79 Å². The highest BCUT2D eigenvalue weighted by Crippen LogP contribution is 2.02. The van der Waals surface area contributed by atoms with Crippen molar-refractivity contribution in [3.63, 3.8) is 0 Å². The molecule has 1 aliphatic heterocycles. The van der Waals surface area contributed by atoms with Gasteiger partial charge in [0.1, 0.15) is 0 Å². The summed E-state index contributed by atoms with van der Waals surface area (Å²) in [6, 6.07) is 0. The highest BCUT2D eigenvalue weighted by atomic mass is 16.1. The Morgan fingerprint density at radius 1 is 1.73 bits per heavy atom. The Kier molecular flexibility index (Phi) is 2.17. The molecule has 0 saturated carbocycles. The molecule has 0 aromatic carbocycles. The quantitative estimate of drug-likeness (QED) is 0.537. The average Bonchev–Trinajstić information content (AvgIpc) is 2.34. The SMILES string of the molecule is CC(C)C(=O)C1=N[N+](C)=CC1. The summed E-state index contributed by atoms with van der Waals surface area (Å²) in [6.07, 6.45) is 2.59. The normalized spacial score (nSPS) is 16.7. The molecule has 0 atom stereocenters. The fourth-order valence-electron chi connectivity index (χ4n) is 0.974. The molecule has 0 N–H and O–H groups in total. The number of ketones is 1. The van der Waals surface area contributed by atoms with E-state index >= 15 is 0 Å². The molecule has 60 valence electrons. The molecule has 0 bridgehead atoms. The zero-order valence-electron chi connectivity index (χ0n) is 7.16. The van der Waals surface area contributed by atoms with Crippen LogP contribution >= 0.6 is 0 Å². The van der Waals surface area contributed by atoms with Gasteiger partial charge in [-0.25, -0.2) is 0 Å². The second-order valence-corrected chi connectivity index (χ2v) is 3.03. The second-order valence-electron chi connectivity index (χ2n) is 3.03. The van der Waals surface area contributed by atoms with Gasteiger partial charge in [0.2, 0.25) is 0 Å². The van der Waals surface area contributed by atoms with Crippen molar-refractivity contribution in [1.29, 1.82) is 0 Å². The summed E-state index contributed by atoms with van der Waals surface area (Å²) in [5.74, 6) is 0.222.